The van der Waals surface area contributed by atoms with Gasteiger partial charge in [-0.1, -0.05) is 52.4 Å². The van der Waals surface area contributed by atoms with Crippen LogP contribution in [0.2, 0.25) is 10.0 Å². The molecule has 0 saturated heterocycles. The molecule has 4 nitrogen and oxygen atoms in total. The van der Waals surface area contributed by atoms with Gasteiger partial charge in [0.05, 0.1) is 4.88 Å². The van der Waals surface area contributed by atoms with E-state index in [0.29, 0.717) is 25.8 Å². The fraction of sp³-hybridized carbons (Fsp3) is 0.133. The van der Waals surface area contributed by atoms with E-state index < -0.39 is 0 Å². The molecule has 0 aliphatic heterocycles. The van der Waals surface area contributed by atoms with E-state index in [1.54, 1.807) is 12.1 Å². The van der Waals surface area contributed by atoms with Crippen LogP contribution in [0.4, 0.5) is 5.13 Å². The SMILES string of the molecule is Cc1csc(C(=O)Nc2nnc(SCc3ccc(Cl)cc3Cl)s2)c1. The van der Waals surface area contributed by atoms with Crippen molar-refractivity contribution in [2.75, 3.05) is 5.32 Å². The molecule has 0 aliphatic rings. The van der Waals surface area contributed by atoms with Crippen LogP contribution >= 0.6 is 57.6 Å². The lowest BCUT2D eigenvalue weighted by Crippen LogP contribution is -2.09. The van der Waals surface area contributed by atoms with E-state index in [-0.39, 0.29) is 5.91 Å². The minimum atomic E-state index is -0.165. The third-order valence-electron chi connectivity index (χ3n) is 2.95. The van der Waals surface area contributed by atoms with Crippen molar-refractivity contribution in [2.45, 2.75) is 17.0 Å². The molecule has 2 heterocycles. The van der Waals surface area contributed by atoms with E-state index in [0.717, 1.165) is 15.5 Å². The van der Waals surface area contributed by atoms with Crippen LogP contribution in [0.5, 0.6) is 0 Å². The largest absolute Gasteiger partial charge is 0.296 e. The predicted octanol–water partition coefficient (Wildman–Crippen LogP) is 5.76. The third-order valence-corrected chi connectivity index (χ3v) is 6.60. The number of benzene rings is 1. The number of aromatic nitrogens is 2. The molecule has 9 heteroatoms. The van der Waals surface area contributed by atoms with Crippen molar-refractivity contribution in [2.24, 2.45) is 0 Å². The van der Waals surface area contributed by atoms with E-state index in [9.17, 15) is 4.79 Å². The molecular weight excluding hydrogens is 405 g/mol. The highest BCUT2D eigenvalue weighted by Crippen LogP contribution is 2.31. The van der Waals surface area contributed by atoms with Gasteiger partial charge in [-0.3, -0.25) is 10.1 Å². The molecule has 0 fully saturated rings. The summed E-state index contributed by atoms with van der Waals surface area (Å²) in [6.45, 7) is 1.95. The van der Waals surface area contributed by atoms with Crippen LogP contribution in [-0.4, -0.2) is 16.1 Å². The van der Waals surface area contributed by atoms with Crippen LogP contribution < -0.4 is 5.32 Å². The van der Waals surface area contributed by atoms with E-state index in [4.69, 9.17) is 23.2 Å². The second-order valence-corrected chi connectivity index (χ2v) is 8.79. The number of nitrogens with zero attached hydrogens (tertiary/aromatic N) is 2. The normalized spacial score (nSPS) is 10.8. The highest BCUT2D eigenvalue weighted by atomic mass is 35.5. The van der Waals surface area contributed by atoms with Gasteiger partial charge in [0.1, 0.15) is 0 Å². The number of anilines is 1. The van der Waals surface area contributed by atoms with E-state index >= 15 is 0 Å². The number of amides is 1. The average molecular weight is 416 g/mol. The molecule has 0 aliphatic carbocycles. The first-order valence-electron chi connectivity index (χ1n) is 6.78. The maximum atomic E-state index is 12.1. The van der Waals surface area contributed by atoms with Crippen LogP contribution in [0.1, 0.15) is 20.8 Å². The van der Waals surface area contributed by atoms with E-state index in [2.05, 4.69) is 15.5 Å². The average Bonchev–Trinajstić information content (AvgIpc) is 3.15. The van der Waals surface area contributed by atoms with Crippen molar-refractivity contribution in [1.29, 1.82) is 0 Å². The molecule has 0 unspecified atom stereocenters. The summed E-state index contributed by atoms with van der Waals surface area (Å²) < 4.78 is 0.763. The maximum Gasteiger partial charge on any atom is 0.267 e. The number of thioether (sulfide) groups is 1. The van der Waals surface area contributed by atoms with Crippen molar-refractivity contribution in [1.82, 2.24) is 10.2 Å². The van der Waals surface area contributed by atoms with E-state index in [1.165, 1.54) is 34.4 Å². The van der Waals surface area contributed by atoms with Gasteiger partial charge in [-0.15, -0.1) is 21.5 Å². The zero-order chi connectivity index (χ0) is 17.1. The first-order valence-corrected chi connectivity index (χ1v) is 10.2. The molecule has 24 heavy (non-hydrogen) atoms. The molecular formula is C15H11Cl2N3OS3. The highest BCUT2D eigenvalue weighted by Gasteiger charge is 2.12. The molecule has 124 valence electrons. The molecule has 3 rings (SSSR count). The fourth-order valence-electron chi connectivity index (χ4n) is 1.81. The lowest BCUT2D eigenvalue weighted by Gasteiger charge is -2.02. The Hall–Kier alpha value is -1.12. The number of carbonyl (C=O) groups excluding carboxylic acids is 1. The minimum absolute atomic E-state index is 0.165. The van der Waals surface area contributed by atoms with Crippen LogP contribution in [0.25, 0.3) is 0 Å². The Kier molecular flexibility index (Phi) is 5.78. The summed E-state index contributed by atoms with van der Waals surface area (Å²) in [6, 6.07) is 7.26. The predicted molar refractivity (Wildman–Crippen MR) is 103 cm³/mol. The van der Waals surface area contributed by atoms with Gasteiger partial charge in [0.15, 0.2) is 4.34 Å². The van der Waals surface area contributed by atoms with Crippen molar-refractivity contribution < 1.29 is 4.79 Å². The van der Waals surface area contributed by atoms with E-state index in [1.807, 2.05) is 24.4 Å². The lowest BCUT2D eigenvalue weighted by atomic mass is 10.2. The van der Waals surface area contributed by atoms with Gasteiger partial charge in [0.2, 0.25) is 5.13 Å². The molecule has 0 spiro atoms. The Bertz CT molecular complexity index is 878. The number of aryl methyl sites for hydroxylation is 1. The second kappa shape index (κ2) is 7.84. The summed E-state index contributed by atoms with van der Waals surface area (Å²) in [5.74, 6) is 0.490. The maximum absolute atomic E-state index is 12.1. The molecule has 0 saturated carbocycles. The summed E-state index contributed by atoms with van der Waals surface area (Å²) in [5, 5.41) is 14.5. The number of carbonyl (C=O) groups is 1. The minimum Gasteiger partial charge on any atom is -0.296 e. The van der Waals surface area contributed by atoms with Gasteiger partial charge in [-0.05, 0) is 41.6 Å². The summed E-state index contributed by atoms with van der Waals surface area (Å²) in [7, 11) is 0. The Morgan fingerprint density at radius 1 is 1.29 bits per heavy atom. The standard InChI is InChI=1S/C15H11Cl2N3OS3/c1-8-4-12(22-6-8)13(21)18-14-19-20-15(24-14)23-7-9-2-3-10(16)5-11(9)17/h2-6H,7H2,1H3,(H,18,19,21). The molecule has 0 radical (unpaired) electrons. The highest BCUT2D eigenvalue weighted by molar-refractivity contribution is 8.00. The zero-order valence-corrected chi connectivity index (χ0v) is 16.3. The zero-order valence-electron chi connectivity index (χ0n) is 12.4. The van der Waals surface area contributed by atoms with Gasteiger partial charge in [-0.2, -0.15) is 0 Å². The summed E-state index contributed by atoms with van der Waals surface area (Å²) in [5.41, 5.74) is 2.04. The van der Waals surface area contributed by atoms with Gasteiger partial charge < -0.3 is 0 Å². The number of halogens is 2. The number of thiophene rings is 1. The monoisotopic (exact) mass is 415 g/mol. The molecule has 1 amide bonds. The summed E-state index contributed by atoms with van der Waals surface area (Å²) in [4.78, 5) is 12.8. The molecule has 0 bridgehead atoms. The van der Waals surface area contributed by atoms with Crippen molar-refractivity contribution >= 4 is 68.7 Å². The number of hydrogen-bond donors (Lipinski definition) is 1. The number of rotatable bonds is 5. The van der Waals surface area contributed by atoms with Crippen molar-refractivity contribution in [3.8, 4) is 0 Å². The Morgan fingerprint density at radius 3 is 2.83 bits per heavy atom. The van der Waals surface area contributed by atoms with Crippen LogP contribution in [0.15, 0.2) is 34.0 Å². The third kappa shape index (κ3) is 4.49. The Morgan fingerprint density at radius 2 is 2.12 bits per heavy atom. The van der Waals surface area contributed by atoms with Crippen LogP contribution in [-0.2, 0) is 5.75 Å². The molecule has 0 atom stereocenters. The quantitative estimate of drug-likeness (QED) is 0.425. The van der Waals surface area contributed by atoms with Gasteiger partial charge in [0, 0.05) is 15.8 Å². The first kappa shape index (κ1) is 17.7. The fourth-order valence-corrected chi connectivity index (χ4v) is 4.90. The van der Waals surface area contributed by atoms with Crippen molar-refractivity contribution in [3.05, 3.63) is 55.7 Å². The molecule has 1 aromatic carbocycles. The molecule has 3 aromatic rings. The van der Waals surface area contributed by atoms with Gasteiger partial charge >= 0.3 is 0 Å². The Balaban J connectivity index is 1.60. The summed E-state index contributed by atoms with van der Waals surface area (Å²) in [6.07, 6.45) is 0. The molecule has 2 aromatic heterocycles. The van der Waals surface area contributed by atoms with Crippen LogP contribution in [0, 0.1) is 6.92 Å². The summed E-state index contributed by atoms with van der Waals surface area (Å²) >= 11 is 16.3. The number of nitrogens with one attached hydrogen (secondary N) is 1. The number of hydrogen-bond acceptors (Lipinski definition) is 6. The van der Waals surface area contributed by atoms with Gasteiger partial charge in [0.25, 0.3) is 5.91 Å². The topological polar surface area (TPSA) is 54.9 Å². The smallest absolute Gasteiger partial charge is 0.267 e. The Labute approximate surface area is 161 Å². The first-order chi connectivity index (χ1) is 11.5. The lowest BCUT2D eigenvalue weighted by molar-refractivity contribution is 0.103. The van der Waals surface area contributed by atoms with Gasteiger partial charge in [-0.25, -0.2) is 0 Å². The van der Waals surface area contributed by atoms with Crippen molar-refractivity contribution in [3.63, 3.8) is 0 Å². The second-order valence-electron chi connectivity index (χ2n) is 4.84. The van der Waals surface area contributed by atoms with Crippen LogP contribution in [0.3, 0.4) is 0 Å². The molecule has 1 N–H and O–H groups in total.